The van der Waals surface area contributed by atoms with Gasteiger partial charge in [0.1, 0.15) is 0 Å². The molecule has 5 aliphatic carbocycles. The number of hydrogen-bond acceptors (Lipinski definition) is 5. The Morgan fingerprint density at radius 2 is 1.82 bits per heavy atom. The van der Waals surface area contributed by atoms with Gasteiger partial charge in [0.15, 0.2) is 24.5 Å². The summed E-state index contributed by atoms with van der Waals surface area (Å²) in [6.45, 7) is 10.2. The summed E-state index contributed by atoms with van der Waals surface area (Å²) in [5.41, 5.74) is 2.86. The summed E-state index contributed by atoms with van der Waals surface area (Å²) in [7, 11) is 0. The molecule has 6 rings (SSSR count). The van der Waals surface area contributed by atoms with Crippen LogP contribution in [-0.2, 0) is 23.8 Å². The molecule has 0 N–H and O–H groups in total. The third-order valence-electron chi connectivity index (χ3n) is 10.9. The Morgan fingerprint density at radius 3 is 2.47 bits per heavy atom. The van der Waals surface area contributed by atoms with Crippen LogP contribution in [0.4, 0.5) is 0 Å². The molecule has 5 nitrogen and oxygen atoms in total. The minimum Gasteiger partial charge on any atom is -0.458 e. The van der Waals surface area contributed by atoms with E-state index < -0.39 is 5.41 Å². The maximum atomic E-state index is 13.4. The number of ether oxygens (including phenoxy) is 3. The smallest absolute Gasteiger partial charge is 0.303 e. The zero-order valence-electron chi connectivity index (χ0n) is 21.5. The summed E-state index contributed by atoms with van der Waals surface area (Å²) < 4.78 is 17.9. The van der Waals surface area contributed by atoms with Gasteiger partial charge in [-0.2, -0.15) is 0 Å². The zero-order valence-corrected chi connectivity index (χ0v) is 21.5. The maximum absolute atomic E-state index is 13.4. The van der Waals surface area contributed by atoms with Crippen LogP contribution in [0.2, 0.25) is 0 Å². The number of ketones is 1. The second-order valence-corrected chi connectivity index (χ2v) is 13.3. The van der Waals surface area contributed by atoms with Crippen molar-refractivity contribution in [2.45, 2.75) is 104 Å². The molecule has 0 aromatic heterocycles. The van der Waals surface area contributed by atoms with E-state index in [1.807, 2.05) is 0 Å². The largest absolute Gasteiger partial charge is 0.458 e. The molecule has 1 aliphatic heterocycles. The minimum absolute atomic E-state index is 0.0151. The number of esters is 1. The predicted octanol–water partition coefficient (Wildman–Crippen LogP) is 5.88. The second kappa shape index (κ2) is 7.06. The lowest BCUT2D eigenvalue weighted by molar-refractivity contribution is -0.476. The van der Waals surface area contributed by atoms with Crippen LogP contribution in [0, 0.1) is 33.5 Å². The number of fused-ring (bicyclic) bond motifs is 2. The molecular formula is C29H40O5. The first-order valence-electron chi connectivity index (χ1n) is 13.4. The fourth-order valence-corrected chi connectivity index (χ4v) is 9.10. The Balaban J connectivity index is 1.24. The van der Waals surface area contributed by atoms with E-state index in [2.05, 4.69) is 39.8 Å². The topological polar surface area (TPSA) is 61.8 Å². The van der Waals surface area contributed by atoms with Gasteiger partial charge in [-0.15, -0.1) is 0 Å². The lowest BCUT2D eigenvalue weighted by atomic mass is 9.45. The van der Waals surface area contributed by atoms with Crippen molar-refractivity contribution in [3.63, 3.8) is 0 Å². The van der Waals surface area contributed by atoms with Gasteiger partial charge in [-0.1, -0.05) is 51.0 Å². The Labute approximate surface area is 203 Å². The summed E-state index contributed by atoms with van der Waals surface area (Å²) >= 11 is 0. The second-order valence-electron chi connectivity index (χ2n) is 13.3. The Kier molecular flexibility index (Phi) is 4.77. The number of hydrogen-bond donors (Lipinski definition) is 0. The molecule has 2 saturated carbocycles. The van der Waals surface area contributed by atoms with Gasteiger partial charge in [-0.25, -0.2) is 0 Å². The highest BCUT2D eigenvalue weighted by molar-refractivity contribution is 5.91. The fraction of sp³-hybridized carbons (Fsp3) is 0.793. The van der Waals surface area contributed by atoms with E-state index >= 15 is 0 Å². The molecule has 1 saturated heterocycles. The van der Waals surface area contributed by atoms with Gasteiger partial charge >= 0.3 is 5.97 Å². The van der Waals surface area contributed by atoms with Gasteiger partial charge in [-0.05, 0) is 67.6 Å². The quantitative estimate of drug-likeness (QED) is 0.382. The summed E-state index contributed by atoms with van der Waals surface area (Å²) in [6, 6.07) is 0. The molecule has 0 aromatic carbocycles. The average molecular weight is 469 g/mol. The summed E-state index contributed by atoms with van der Waals surface area (Å²) in [4.78, 5) is 24.8. The van der Waals surface area contributed by atoms with Crippen molar-refractivity contribution in [1.29, 1.82) is 0 Å². The van der Waals surface area contributed by atoms with E-state index in [4.69, 9.17) is 14.2 Å². The zero-order chi connectivity index (χ0) is 24.1. The molecule has 0 amide bonds. The lowest BCUT2D eigenvalue weighted by Crippen LogP contribution is -2.60. The van der Waals surface area contributed by atoms with E-state index in [1.54, 1.807) is 11.1 Å². The minimum atomic E-state index is -0.464. The number of allylic oxidation sites excluding steroid dienone is 3. The molecular weight excluding hydrogens is 428 g/mol. The Morgan fingerprint density at radius 1 is 1.06 bits per heavy atom. The van der Waals surface area contributed by atoms with Crippen molar-refractivity contribution in [2.75, 3.05) is 6.61 Å². The van der Waals surface area contributed by atoms with E-state index in [9.17, 15) is 9.59 Å². The normalized spacial score (nSPS) is 46.6. The number of carbonyl (C=O) groups is 2. The van der Waals surface area contributed by atoms with Gasteiger partial charge in [-0.3, -0.25) is 9.59 Å². The van der Waals surface area contributed by atoms with E-state index in [0.717, 1.165) is 51.4 Å². The molecule has 6 aliphatic rings. The SMILES string of the molecule is CC(=O)OCC(=O)[C@@]12C=CC3(CC1)[C@@H]1CCC4=C(CCC5(C4)OC(C(C)(C)C)O5)[C@H]1CC[C@@]32C. The molecule has 0 aromatic rings. The first kappa shape index (κ1) is 23.0. The molecule has 5 heteroatoms. The first-order valence-corrected chi connectivity index (χ1v) is 13.4. The summed E-state index contributed by atoms with van der Waals surface area (Å²) in [5, 5.41) is 0. The van der Waals surface area contributed by atoms with Crippen molar-refractivity contribution in [3.05, 3.63) is 23.3 Å². The number of rotatable bonds is 3. The number of Topliss-reactive ketones (excluding diaryl/α,β-unsaturated/α-hetero) is 1. The highest BCUT2D eigenvalue weighted by Gasteiger charge is 2.73. The van der Waals surface area contributed by atoms with Crippen LogP contribution in [0.3, 0.4) is 0 Å². The van der Waals surface area contributed by atoms with E-state index in [1.165, 1.54) is 13.3 Å². The van der Waals surface area contributed by atoms with Crippen LogP contribution in [0.5, 0.6) is 0 Å². The van der Waals surface area contributed by atoms with Crippen LogP contribution in [0.1, 0.15) is 92.4 Å². The van der Waals surface area contributed by atoms with Crippen molar-refractivity contribution in [2.24, 2.45) is 33.5 Å². The molecule has 0 radical (unpaired) electrons. The van der Waals surface area contributed by atoms with Gasteiger partial charge in [0, 0.05) is 25.2 Å². The first-order chi connectivity index (χ1) is 16.0. The van der Waals surface area contributed by atoms with Crippen LogP contribution in [-0.4, -0.2) is 30.4 Å². The van der Waals surface area contributed by atoms with Gasteiger partial charge in [0.2, 0.25) is 0 Å². The molecule has 3 fully saturated rings. The van der Waals surface area contributed by atoms with Crippen LogP contribution >= 0.6 is 0 Å². The summed E-state index contributed by atoms with van der Waals surface area (Å²) in [5.74, 6) is 0.563. The van der Waals surface area contributed by atoms with Crippen LogP contribution < -0.4 is 0 Å². The monoisotopic (exact) mass is 468 g/mol. The molecule has 5 atom stereocenters. The lowest BCUT2D eigenvalue weighted by Gasteiger charge is -2.60. The van der Waals surface area contributed by atoms with Crippen molar-refractivity contribution in [3.8, 4) is 0 Å². The molecule has 34 heavy (non-hydrogen) atoms. The molecule has 2 bridgehead atoms. The standard InChI is InChI=1S/C29H40O5/c1-18(30)32-17-23(31)28-14-12-27(13-15-28)22-7-6-19-16-29(33-24(34-29)25(2,3)4)11-9-20(19)21(22)8-10-26(27,28)5/h12,14,21-22,24H,6-11,13,15-17H2,1-5H3/t21-,22-,24?,26+,27?,28-,29?/m1/s1. The van der Waals surface area contributed by atoms with Crippen LogP contribution in [0.25, 0.3) is 0 Å². The van der Waals surface area contributed by atoms with Crippen molar-refractivity contribution in [1.82, 2.24) is 0 Å². The summed E-state index contributed by atoms with van der Waals surface area (Å²) in [6.07, 6.45) is 14.1. The number of carbonyl (C=O) groups excluding carboxylic acids is 2. The molecule has 1 heterocycles. The van der Waals surface area contributed by atoms with E-state index in [-0.39, 0.29) is 46.7 Å². The Bertz CT molecular complexity index is 994. The maximum Gasteiger partial charge on any atom is 0.303 e. The average Bonchev–Trinajstić information content (AvgIpc) is 3.19. The molecule has 186 valence electrons. The van der Waals surface area contributed by atoms with Gasteiger partial charge in [0.25, 0.3) is 0 Å². The van der Waals surface area contributed by atoms with Crippen LogP contribution in [0.15, 0.2) is 23.3 Å². The molecule has 1 unspecified atom stereocenters. The predicted molar refractivity (Wildman–Crippen MR) is 127 cm³/mol. The molecule has 1 spiro atoms. The highest BCUT2D eigenvalue weighted by Crippen LogP contribution is 2.78. The third kappa shape index (κ3) is 2.80. The Hall–Kier alpha value is -1.46. The third-order valence-corrected chi connectivity index (χ3v) is 10.9. The highest BCUT2D eigenvalue weighted by atomic mass is 16.9. The van der Waals surface area contributed by atoms with Crippen molar-refractivity contribution < 1.29 is 23.8 Å². The van der Waals surface area contributed by atoms with Gasteiger partial charge < -0.3 is 14.2 Å². The van der Waals surface area contributed by atoms with E-state index in [0.29, 0.717) is 11.8 Å². The van der Waals surface area contributed by atoms with Crippen molar-refractivity contribution >= 4 is 11.8 Å². The fourth-order valence-electron chi connectivity index (χ4n) is 9.10. The van der Waals surface area contributed by atoms with Gasteiger partial charge in [0.05, 0.1) is 5.41 Å².